The van der Waals surface area contributed by atoms with Crippen LogP contribution >= 0.6 is 15.9 Å². The van der Waals surface area contributed by atoms with Crippen molar-refractivity contribution in [3.05, 3.63) is 63.6 Å². The van der Waals surface area contributed by atoms with Gasteiger partial charge < -0.3 is 20.7 Å². The van der Waals surface area contributed by atoms with Crippen molar-refractivity contribution in [2.75, 3.05) is 5.73 Å². The van der Waals surface area contributed by atoms with E-state index in [0.717, 1.165) is 4.47 Å². The van der Waals surface area contributed by atoms with E-state index in [1.807, 2.05) is 0 Å². The first kappa shape index (κ1) is 18.9. The van der Waals surface area contributed by atoms with Crippen LogP contribution in [0.1, 0.15) is 27.6 Å². The molecule has 0 spiro atoms. The third-order valence-electron chi connectivity index (χ3n) is 3.01. The number of rotatable bonds is 4. The molecule has 22 heavy (non-hydrogen) atoms. The number of hydrogen-bond acceptors (Lipinski definition) is 5. The number of carboxylic acids is 1. The quantitative estimate of drug-likeness (QED) is 0.369. The number of para-hydroxylation sites is 1. The second-order valence-electron chi connectivity index (χ2n) is 4.37. The number of halogens is 1. The molecular formula is C15H11BrNNaO4. The van der Waals surface area contributed by atoms with Gasteiger partial charge in [0.2, 0.25) is 0 Å². The largest absolute Gasteiger partial charge is 1.00 e. The summed E-state index contributed by atoms with van der Waals surface area (Å²) in [6.07, 6.45) is -1.87. The molecule has 0 aromatic heterocycles. The van der Waals surface area contributed by atoms with E-state index in [2.05, 4.69) is 15.9 Å². The molecular weight excluding hydrogens is 361 g/mol. The minimum atomic E-state index is -1.87. The Bertz CT molecular complexity index is 703. The minimum absolute atomic E-state index is 0. The topological polar surface area (TPSA) is 103 Å². The first-order chi connectivity index (χ1) is 9.91. The molecule has 2 rings (SSSR count). The van der Waals surface area contributed by atoms with Gasteiger partial charge in [-0.1, -0.05) is 28.1 Å². The monoisotopic (exact) mass is 371 g/mol. The SMILES string of the molecule is Nc1c(C(=O)c2ccc(Br)cc2)cccc1C(O)C(=O)[O-].[Na+]. The van der Waals surface area contributed by atoms with Crippen molar-refractivity contribution in [3.63, 3.8) is 0 Å². The van der Waals surface area contributed by atoms with Crippen LogP contribution in [0, 0.1) is 0 Å². The molecule has 2 aromatic carbocycles. The molecule has 0 heterocycles. The first-order valence-corrected chi connectivity index (χ1v) is 6.78. The Morgan fingerprint density at radius 1 is 1.14 bits per heavy atom. The second kappa shape index (κ2) is 7.89. The Hall–Kier alpha value is -1.18. The summed E-state index contributed by atoms with van der Waals surface area (Å²) >= 11 is 3.27. The molecule has 0 aliphatic rings. The van der Waals surface area contributed by atoms with Gasteiger partial charge in [-0.05, 0) is 30.3 Å². The fourth-order valence-corrected chi connectivity index (χ4v) is 2.17. The van der Waals surface area contributed by atoms with Gasteiger partial charge in [0.05, 0.1) is 5.97 Å². The number of aliphatic hydroxyl groups is 1. The van der Waals surface area contributed by atoms with Crippen LogP contribution in [0.2, 0.25) is 0 Å². The second-order valence-corrected chi connectivity index (χ2v) is 5.28. The molecule has 0 amide bonds. The van der Waals surface area contributed by atoms with Crippen LogP contribution < -0.4 is 40.4 Å². The summed E-state index contributed by atoms with van der Waals surface area (Å²) in [5.74, 6) is -2.03. The molecule has 5 nitrogen and oxygen atoms in total. The molecule has 7 heteroatoms. The summed E-state index contributed by atoms with van der Waals surface area (Å²) in [6.45, 7) is 0. The van der Waals surface area contributed by atoms with Gasteiger partial charge in [0.1, 0.15) is 6.10 Å². The molecule has 0 aliphatic carbocycles. The van der Waals surface area contributed by atoms with Crippen molar-refractivity contribution in [1.29, 1.82) is 0 Å². The Labute approximate surface area is 157 Å². The van der Waals surface area contributed by atoms with E-state index in [-0.39, 0.29) is 52.2 Å². The number of carboxylic acid groups (broad SMARTS) is 1. The van der Waals surface area contributed by atoms with Gasteiger partial charge in [-0.25, -0.2) is 0 Å². The van der Waals surface area contributed by atoms with E-state index in [0.29, 0.717) is 5.56 Å². The van der Waals surface area contributed by atoms with Gasteiger partial charge in [-0.15, -0.1) is 0 Å². The Morgan fingerprint density at radius 2 is 1.73 bits per heavy atom. The number of carbonyl (C=O) groups is 2. The third kappa shape index (κ3) is 3.97. The molecule has 1 unspecified atom stereocenters. The van der Waals surface area contributed by atoms with E-state index < -0.39 is 12.1 Å². The number of anilines is 1. The maximum atomic E-state index is 12.4. The molecule has 0 fully saturated rings. The molecule has 0 radical (unpaired) electrons. The van der Waals surface area contributed by atoms with Gasteiger partial charge in [-0.2, -0.15) is 0 Å². The smallest absolute Gasteiger partial charge is 0.547 e. The van der Waals surface area contributed by atoms with Crippen LogP contribution in [-0.2, 0) is 4.79 Å². The molecule has 3 N–H and O–H groups in total. The number of nitrogens with two attached hydrogens (primary N) is 1. The Kier molecular flexibility index (Phi) is 6.77. The zero-order valence-corrected chi connectivity index (χ0v) is 15.3. The maximum Gasteiger partial charge on any atom is 1.00 e. The van der Waals surface area contributed by atoms with Crippen LogP contribution in [0.4, 0.5) is 5.69 Å². The molecule has 2 aromatic rings. The summed E-state index contributed by atoms with van der Waals surface area (Å²) in [4.78, 5) is 23.1. The number of hydrogen-bond donors (Lipinski definition) is 2. The van der Waals surface area contributed by atoms with E-state index in [1.54, 1.807) is 24.3 Å². The molecule has 0 bridgehead atoms. The number of ketones is 1. The molecule has 0 saturated carbocycles. The zero-order chi connectivity index (χ0) is 15.6. The third-order valence-corrected chi connectivity index (χ3v) is 3.54. The number of benzene rings is 2. The summed E-state index contributed by atoms with van der Waals surface area (Å²) in [6, 6.07) is 10.9. The van der Waals surface area contributed by atoms with E-state index >= 15 is 0 Å². The average molecular weight is 372 g/mol. The summed E-state index contributed by atoms with van der Waals surface area (Å²) in [5, 5.41) is 20.3. The summed E-state index contributed by atoms with van der Waals surface area (Å²) < 4.78 is 0.827. The van der Waals surface area contributed by atoms with Crippen molar-refractivity contribution in [2.45, 2.75) is 6.10 Å². The molecule has 0 saturated heterocycles. The van der Waals surface area contributed by atoms with Crippen LogP contribution in [0.25, 0.3) is 0 Å². The van der Waals surface area contributed by atoms with Gasteiger partial charge in [-0.3, -0.25) is 4.79 Å². The maximum absolute atomic E-state index is 12.4. The predicted octanol–water partition coefficient (Wildman–Crippen LogP) is -1.95. The van der Waals surface area contributed by atoms with Gasteiger partial charge in [0.25, 0.3) is 0 Å². The molecule has 108 valence electrons. The standard InChI is InChI=1S/C15H12BrNO4.Na/c16-9-6-4-8(5-7-9)13(18)10-2-1-3-11(12(10)17)14(19)15(20)21;/h1-7,14,19H,17H2,(H,20,21);/q;+1/p-1. The zero-order valence-electron chi connectivity index (χ0n) is 11.7. The molecule has 1 atom stereocenters. The van der Waals surface area contributed by atoms with Crippen LogP contribution in [0.15, 0.2) is 46.9 Å². The minimum Gasteiger partial charge on any atom is -0.547 e. The van der Waals surface area contributed by atoms with Gasteiger partial charge in [0.15, 0.2) is 5.78 Å². The number of nitrogen functional groups attached to an aromatic ring is 1. The molecule has 0 aliphatic heterocycles. The predicted molar refractivity (Wildman–Crippen MR) is 78.4 cm³/mol. The van der Waals surface area contributed by atoms with E-state index in [9.17, 15) is 19.8 Å². The average Bonchev–Trinajstić information content (AvgIpc) is 2.47. The van der Waals surface area contributed by atoms with Crippen molar-refractivity contribution in [1.82, 2.24) is 0 Å². The van der Waals surface area contributed by atoms with Crippen molar-refractivity contribution < 1.29 is 49.4 Å². The van der Waals surface area contributed by atoms with Crippen LogP contribution in [0.5, 0.6) is 0 Å². The Balaban J connectivity index is 0.00000242. The number of aliphatic carboxylic acids is 1. The fourth-order valence-electron chi connectivity index (χ4n) is 1.90. The first-order valence-electron chi connectivity index (χ1n) is 5.99. The van der Waals surface area contributed by atoms with Crippen molar-refractivity contribution in [2.24, 2.45) is 0 Å². The number of aliphatic hydroxyl groups excluding tert-OH is 1. The van der Waals surface area contributed by atoms with Gasteiger partial charge >= 0.3 is 29.6 Å². The summed E-state index contributed by atoms with van der Waals surface area (Å²) in [5.41, 5.74) is 6.23. The van der Waals surface area contributed by atoms with E-state index in [1.165, 1.54) is 18.2 Å². The van der Waals surface area contributed by atoms with Gasteiger partial charge in [0, 0.05) is 26.9 Å². The normalized spacial score (nSPS) is 11.4. The van der Waals surface area contributed by atoms with Crippen LogP contribution in [-0.4, -0.2) is 16.9 Å². The Morgan fingerprint density at radius 3 is 2.27 bits per heavy atom. The van der Waals surface area contributed by atoms with Crippen molar-refractivity contribution >= 4 is 33.4 Å². The fraction of sp³-hybridized carbons (Fsp3) is 0.0667. The van der Waals surface area contributed by atoms with Crippen LogP contribution in [0.3, 0.4) is 0 Å². The number of carbonyl (C=O) groups excluding carboxylic acids is 2. The van der Waals surface area contributed by atoms with Crippen molar-refractivity contribution in [3.8, 4) is 0 Å². The van der Waals surface area contributed by atoms with E-state index in [4.69, 9.17) is 5.73 Å². The summed E-state index contributed by atoms with van der Waals surface area (Å²) in [7, 11) is 0.